The first-order valence-corrected chi connectivity index (χ1v) is 11.6. The van der Waals surface area contributed by atoms with E-state index in [0.717, 1.165) is 39.0 Å². The fourth-order valence-corrected chi connectivity index (χ4v) is 3.84. The monoisotopic (exact) mass is 468 g/mol. The second-order valence-corrected chi connectivity index (χ2v) is 8.21. The summed E-state index contributed by atoms with van der Waals surface area (Å²) in [7, 11) is 0. The van der Waals surface area contributed by atoms with E-state index in [-0.39, 0.29) is 38.0 Å². The number of nitroso groups, excluding NO2 is 2. The normalized spacial score (nSPS) is 18.8. The van der Waals surface area contributed by atoms with Gasteiger partial charge in [-0.2, -0.15) is 9.81 Å². The first-order valence-electron chi connectivity index (χ1n) is 11.6. The Morgan fingerprint density at radius 1 is 0.788 bits per heavy atom. The molecule has 1 rings (SSSR count). The molecule has 188 valence electrons. The fraction of sp³-hybridized carbons (Fsp3) is 0.810. The molecule has 3 N–H and O–H groups in total. The van der Waals surface area contributed by atoms with Gasteiger partial charge in [-0.1, -0.05) is 16.4 Å². The van der Waals surface area contributed by atoms with Crippen LogP contribution in [0.5, 0.6) is 0 Å². The summed E-state index contributed by atoms with van der Waals surface area (Å²) in [6, 6.07) is 0. The van der Waals surface area contributed by atoms with Gasteiger partial charge < -0.3 is 20.9 Å². The topological polar surface area (TPSA) is 144 Å². The van der Waals surface area contributed by atoms with Crippen molar-refractivity contribution in [1.82, 2.24) is 24.9 Å². The van der Waals surface area contributed by atoms with E-state index in [9.17, 15) is 19.4 Å². The molecule has 0 radical (unpaired) electrons. The Morgan fingerprint density at radius 2 is 1.24 bits per heavy atom. The first kappa shape index (κ1) is 28.8. The van der Waals surface area contributed by atoms with E-state index in [4.69, 9.17) is 5.73 Å². The summed E-state index contributed by atoms with van der Waals surface area (Å²) in [6.07, 6.45) is 3.27. The van der Waals surface area contributed by atoms with Crippen LogP contribution < -0.4 is 11.1 Å². The fourth-order valence-electron chi connectivity index (χ4n) is 3.84. The van der Waals surface area contributed by atoms with Crippen molar-refractivity contribution < 1.29 is 9.59 Å². The average molecular weight is 469 g/mol. The lowest BCUT2D eigenvalue weighted by molar-refractivity contribution is -0.122. The molecule has 1 aliphatic heterocycles. The van der Waals surface area contributed by atoms with Gasteiger partial charge in [0.05, 0.1) is 26.2 Å². The summed E-state index contributed by atoms with van der Waals surface area (Å²) in [6.45, 7) is 11.7. The van der Waals surface area contributed by atoms with Gasteiger partial charge in [-0.25, -0.2) is 0 Å². The second kappa shape index (κ2) is 18.2. The van der Waals surface area contributed by atoms with E-state index in [1.54, 1.807) is 6.08 Å². The van der Waals surface area contributed by atoms with Crippen LogP contribution in [0.1, 0.15) is 12.8 Å². The van der Waals surface area contributed by atoms with Crippen molar-refractivity contribution in [1.29, 1.82) is 0 Å². The van der Waals surface area contributed by atoms with Crippen molar-refractivity contribution in [2.75, 3.05) is 98.2 Å². The lowest BCUT2D eigenvalue weighted by Gasteiger charge is -2.31. The Bertz CT molecular complexity index is 607. The molecule has 1 fully saturated rings. The molecule has 2 amide bonds. The van der Waals surface area contributed by atoms with Crippen LogP contribution in [-0.4, -0.2) is 130 Å². The molecule has 1 heterocycles. The van der Waals surface area contributed by atoms with Crippen LogP contribution in [-0.2, 0) is 9.59 Å². The molecule has 0 aliphatic carbocycles. The van der Waals surface area contributed by atoms with Crippen molar-refractivity contribution in [3.05, 3.63) is 22.5 Å². The maximum Gasteiger partial charge on any atom is 0.234 e. The number of primary amides is 1. The van der Waals surface area contributed by atoms with E-state index in [1.807, 2.05) is 4.90 Å². The highest BCUT2D eigenvalue weighted by Gasteiger charge is 2.17. The number of nitrogens with one attached hydrogen (secondary N) is 1. The van der Waals surface area contributed by atoms with Crippen LogP contribution in [0.15, 0.2) is 23.0 Å². The van der Waals surface area contributed by atoms with Crippen LogP contribution in [0.25, 0.3) is 0 Å². The van der Waals surface area contributed by atoms with Gasteiger partial charge in [0, 0.05) is 45.8 Å². The van der Waals surface area contributed by atoms with Crippen LogP contribution >= 0.6 is 0 Å². The second-order valence-electron chi connectivity index (χ2n) is 8.21. The number of nitrogens with zero attached hydrogens (tertiary/aromatic N) is 6. The standard InChI is InChI=1S/C21H40N8O4/c1-2-5-23-21(31)19-29-11-4-9-27(13-7-25-33)15-14-26(12-6-24-32)8-3-10-28(16-17-29)18-20(22)30/h2H,1,3-19H2,(H2,22,30)(H,23,31). The average Bonchev–Trinajstić information content (AvgIpc) is 2.78. The van der Waals surface area contributed by atoms with Crippen LogP contribution in [0.4, 0.5) is 0 Å². The number of nitrogens with two attached hydrogens (primary N) is 1. The summed E-state index contributed by atoms with van der Waals surface area (Å²) in [5.41, 5.74) is 5.44. The summed E-state index contributed by atoms with van der Waals surface area (Å²) < 4.78 is 0. The maximum absolute atomic E-state index is 12.3. The highest BCUT2D eigenvalue weighted by Crippen LogP contribution is 2.03. The number of rotatable bonds is 12. The minimum absolute atomic E-state index is 0.0705. The van der Waals surface area contributed by atoms with Crippen LogP contribution in [0, 0.1) is 9.81 Å². The molecule has 0 unspecified atom stereocenters. The van der Waals surface area contributed by atoms with E-state index < -0.39 is 0 Å². The molecule has 1 saturated heterocycles. The SMILES string of the molecule is C=CCNC(=O)CN1CCCN(CCN=O)CCN(CCN=O)CCCN(CC(N)=O)CC1. The summed E-state index contributed by atoms with van der Waals surface area (Å²) in [5.74, 6) is -0.452. The van der Waals surface area contributed by atoms with E-state index in [0.29, 0.717) is 45.8 Å². The Hall–Kier alpha value is -2.28. The van der Waals surface area contributed by atoms with Gasteiger partial charge in [0.1, 0.15) is 0 Å². The van der Waals surface area contributed by atoms with Crippen molar-refractivity contribution in [3.8, 4) is 0 Å². The largest absolute Gasteiger partial charge is 0.369 e. The zero-order valence-corrected chi connectivity index (χ0v) is 19.7. The third-order valence-electron chi connectivity index (χ3n) is 5.57. The number of hydrogen-bond donors (Lipinski definition) is 2. The van der Waals surface area contributed by atoms with Crippen molar-refractivity contribution in [3.63, 3.8) is 0 Å². The first-order chi connectivity index (χ1) is 16.0. The highest BCUT2D eigenvalue weighted by molar-refractivity contribution is 5.78. The number of hydrogen-bond acceptors (Lipinski definition) is 10. The van der Waals surface area contributed by atoms with E-state index >= 15 is 0 Å². The molecule has 0 spiro atoms. The van der Waals surface area contributed by atoms with Crippen LogP contribution in [0.3, 0.4) is 0 Å². The molecule has 0 bridgehead atoms. The lowest BCUT2D eigenvalue weighted by Crippen LogP contribution is -2.45. The smallest absolute Gasteiger partial charge is 0.234 e. The molecule has 0 atom stereocenters. The minimum atomic E-state index is -0.382. The molecular weight excluding hydrogens is 428 g/mol. The van der Waals surface area contributed by atoms with E-state index in [1.165, 1.54) is 0 Å². The predicted octanol–water partition coefficient (Wildman–Crippen LogP) is -0.691. The number of carbonyl (C=O) groups is 2. The Labute approximate surface area is 196 Å². The molecule has 12 heteroatoms. The molecule has 0 aromatic carbocycles. The van der Waals surface area contributed by atoms with E-state index in [2.05, 4.69) is 36.9 Å². The molecule has 33 heavy (non-hydrogen) atoms. The highest BCUT2D eigenvalue weighted by atomic mass is 16.3. The number of amides is 2. The van der Waals surface area contributed by atoms with Crippen molar-refractivity contribution in [2.45, 2.75) is 12.8 Å². The maximum atomic E-state index is 12.3. The third kappa shape index (κ3) is 14.5. The zero-order chi connectivity index (χ0) is 24.3. The number of carbonyl (C=O) groups excluding carboxylic acids is 2. The summed E-state index contributed by atoms with van der Waals surface area (Å²) in [5, 5.41) is 8.78. The Morgan fingerprint density at radius 3 is 1.70 bits per heavy atom. The quantitative estimate of drug-likeness (QED) is 0.283. The van der Waals surface area contributed by atoms with Gasteiger partial charge in [0.2, 0.25) is 11.8 Å². The van der Waals surface area contributed by atoms with Gasteiger partial charge >= 0.3 is 0 Å². The van der Waals surface area contributed by atoms with Gasteiger partial charge in [-0.3, -0.25) is 19.4 Å². The third-order valence-corrected chi connectivity index (χ3v) is 5.57. The Kier molecular flexibility index (Phi) is 15.8. The molecule has 12 nitrogen and oxygen atoms in total. The van der Waals surface area contributed by atoms with Gasteiger partial charge in [0.15, 0.2) is 0 Å². The molecule has 0 saturated carbocycles. The zero-order valence-electron chi connectivity index (χ0n) is 19.7. The molecule has 0 aromatic rings. The molecule has 0 aromatic heterocycles. The summed E-state index contributed by atoms with van der Waals surface area (Å²) >= 11 is 0. The molecular formula is C21H40N8O4. The van der Waals surface area contributed by atoms with Crippen molar-refractivity contribution >= 4 is 11.8 Å². The van der Waals surface area contributed by atoms with Gasteiger partial charge in [-0.15, -0.1) is 6.58 Å². The Balaban J connectivity index is 2.86. The van der Waals surface area contributed by atoms with Gasteiger partial charge in [0.25, 0.3) is 0 Å². The minimum Gasteiger partial charge on any atom is -0.369 e. The lowest BCUT2D eigenvalue weighted by atomic mass is 10.2. The predicted molar refractivity (Wildman–Crippen MR) is 129 cm³/mol. The van der Waals surface area contributed by atoms with Gasteiger partial charge in [-0.05, 0) is 39.0 Å². The molecule has 1 aliphatic rings. The van der Waals surface area contributed by atoms with Crippen LogP contribution in [0.2, 0.25) is 0 Å². The summed E-state index contributed by atoms with van der Waals surface area (Å²) in [4.78, 5) is 53.6. The van der Waals surface area contributed by atoms with Crippen molar-refractivity contribution in [2.24, 2.45) is 16.1 Å².